The van der Waals surface area contributed by atoms with Crippen LogP contribution in [0.3, 0.4) is 0 Å². The zero-order valence-corrected chi connectivity index (χ0v) is 18.1. The van der Waals surface area contributed by atoms with E-state index in [1.807, 2.05) is 12.5 Å². The highest BCUT2D eigenvalue weighted by atomic mass is 32.2. The molecule has 2 unspecified atom stereocenters. The van der Waals surface area contributed by atoms with Gasteiger partial charge in [0.15, 0.2) is 0 Å². The molecule has 0 amide bonds. The first-order chi connectivity index (χ1) is 12.2. The first-order valence-corrected chi connectivity index (χ1v) is 12.4. The Morgan fingerprint density at radius 2 is 1.68 bits per heavy atom. The van der Waals surface area contributed by atoms with E-state index in [2.05, 4.69) is 53.1 Å². The van der Waals surface area contributed by atoms with Gasteiger partial charge < -0.3 is 4.57 Å². The Labute approximate surface area is 164 Å². The molecule has 1 saturated heterocycles. The van der Waals surface area contributed by atoms with E-state index >= 15 is 0 Å². The molecule has 0 radical (unpaired) electrons. The highest BCUT2D eigenvalue weighted by Crippen LogP contribution is 2.53. The topological polar surface area (TPSA) is 17.8 Å². The van der Waals surface area contributed by atoms with E-state index in [0.717, 1.165) is 11.8 Å². The average molecular weight is 383 g/mol. The number of hydrogen-bond acceptors (Lipinski definition) is 3. The molecule has 144 valence electrons. The van der Waals surface area contributed by atoms with Crippen LogP contribution in [0.5, 0.6) is 0 Å². The molecule has 0 aromatic carbocycles. The smallest absolute Gasteiger partial charge is 0.0945 e. The lowest BCUT2D eigenvalue weighted by atomic mass is 10.0. The second kappa shape index (κ2) is 12.3. The third-order valence-corrected chi connectivity index (χ3v) is 9.08. The normalized spacial score (nSPS) is 23.4. The van der Waals surface area contributed by atoms with Crippen molar-refractivity contribution in [2.24, 2.45) is 0 Å². The molecule has 1 aliphatic rings. The van der Waals surface area contributed by atoms with Crippen LogP contribution in [0.25, 0.3) is 0 Å². The summed E-state index contributed by atoms with van der Waals surface area (Å²) in [5, 5.41) is 0.816. The van der Waals surface area contributed by atoms with E-state index in [1.54, 1.807) is 0 Å². The molecule has 25 heavy (non-hydrogen) atoms. The molecule has 2 rings (SSSR count). The number of unbranched alkanes of at least 4 members (excludes halogenated alkanes) is 9. The molecule has 0 saturated carbocycles. The fourth-order valence-corrected chi connectivity index (χ4v) is 7.40. The molecular formula is C21H38N2S2. The minimum Gasteiger partial charge on any atom is -0.337 e. The first-order valence-electron chi connectivity index (χ1n) is 10.5. The van der Waals surface area contributed by atoms with Gasteiger partial charge in [0.05, 0.1) is 10.4 Å². The van der Waals surface area contributed by atoms with Gasteiger partial charge in [0.2, 0.25) is 0 Å². The third-order valence-electron chi connectivity index (χ3n) is 5.22. The van der Waals surface area contributed by atoms with Gasteiger partial charge in [-0.25, -0.2) is 4.98 Å². The summed E-state index contributed by atoms with van der Waals surface area (Å²) in [6, 6.07) is 0. The van der Waals surface area contributed by atoms with Gasteiger partial charge in [0.1, 0.15) is 0 Å². The van der Waals surface area contributed by atoms with Crippen molar-refractivity contribution in [2.75, 3.05) is 5.75 Å². The van der Waals surface area contributed by atoms with E-state index in [9.17, 15) is 0 Å². The average Bonchev–Trinajstić information content (AvgIpc) is 3.25. The van der Waals surface area contributed by atoms with Gasteiger partial charge in [-0.15, -0.1) is 23.5 Å². The lowest BCUT2D eigenvalue weighted by Gasteiger charge is -2.28. The molecule has 0 spiro atoms. The van der Waals surface area contributed by atoms with Crippen LogP contribution < -0.4 is 0 Å². The highest BCUT2D eigenvalue weighted by Gasteiger charge is 2.38. The molecule has 1 aromatic rings. The monoisotopic (exact) mass is 382 g/mol. The van der Waals surface area contributed by atoms with Crippen molar-refractivity contribution >= 4 is 23.5 Å². The molecule has 0 bridgehead atoms. The molecule has 1 aromatic heterocycles. The number of thioether (sulfide) groups is 2. The maximum atomic E-state index is 4.18. The summed E-state index contributed by atoms with van der Waals surface area (Å²) in [7, 11) is 0. The van der Waals surface area contributed by atoms with Crippen LogP contribution in [0.2, 0.25) is 0 Å². The zero-order chi connectivity index (χ0) is 17.8. The summed E-state index contributed by atoms with van der Waals surface area (Å²) in [4.78, 5) is 4.18. The molecule has 2 nitrogen and oxygen atoms in total. The molecule has 0 N–H and O–H groups in total. The van der Waals surface area contributed by atoms with E-state index in [-0.39, 0.29) is 0 Å². The number of hydrogen-bond donors (Lipinski definition) is 0. The third kappa shape index (κ3) is 8.43. The van der Waals surface area contributed by atoms with Crippen LogP contribution in [-0.4, -0.2) is 24.6 Å². The van der Waals surface area contributed by atoms with Crippen molar-refractivity contribution in [1.29, 1.82) is 0 Å². The highest BCUT2D eigenvalue weighted by molar-refractivity contribution is 8.21. The van der Waals surface area contributed by atoms with Crippen LogP contribution >= 0.6 is 23.5 Å². The molecule has 2 atom stereocenters. The summed E-state index contributed by atoms with van der Waals surface area (Å²) < 4.78 is 2.70. The fraction of sp³-hybridized carbons (Fsp3) is 0.857. The second-order valence-corrected chi connectivity index (χ2v) is 11.1. The Bertz CT molecular complexity index is 435. The lowest BCUT2D eigenvalue weighted by molar-refractivity contribution is 0.519. The quantitative estimate of drug-likeness (QED) is 0.318. The van der Waals surface area contributed by atoms with Crippen molar-refractivity contribution in [3.8, 4) is 0 Å². The Hall–Kier alpha value is -0.0900. The van der Waals surface area contributed by atoms with Crippen molar-refractivity contribution < 1.29 is 0 Å². The molecule has 0 aliphatic carbocycles. The Morgan fingerprint density at radius 3 is 2.24 bits per heavy atom. The van der Waals surface area contributed by atoms with E-state index < -0.39 is 0 Å². The minimum absolute atomic E-state index is 0.462. The van der Waals surface area contributed by atoms with Gasteiger partial charge in [-0.3, -0.25) is 0 Å². The van der Waals surface area contributed by atoms with E-state index in [1.165, 1.54) is 82.8 Å². The van der Waals surface area contributed by atoms with E-state index in [0.29, 0.717) is 4.08 Å². The largest absolute Gasteiger partial charge is 0.337 e. The number of aromatic nitrogens is 2. The number of rotatable bonds is 14. The maximum Gasteiger partial charge on any atom is 0.0945 e. The van der Waals surface area contributed by atoms with Crippen LogP contribution in [0, 0.1) is 0 Å². The van der Waals surface area contributed by atoms with Crippen molar-refractivity contribution in [1.82, 2.24) is 9.55 Å². The lowest BCUT2D eigenvalue weighted by Crippen LogP contribution is -2.20. The molecule has 1 fully saturated rings. The van der Waals surface area contributed by atoms with Gasteiger partial charge in [-0.05, 0) is 12.8 Å². The molecule has 1 aliphatic heterocycles. The second-order valence-electron chi connectivity index (χ2n) is 7.63. The predicted molar refractivity (Wildman–Crippen MR) is 116 cm³/mol. The van der Waals surface area contributed by atoms with Crippen LogP contribution in [0.15, 0.2) is 18.7 Å². The summed E-state index contributed by atoms with van der Waals surface area (Å²) in [6.45, 7) is 5.81. The number of imidazole rings is 1. The molecular weight excluding hydrogens is 344 g/mol. The summed E-state index contributed by atoms with van der Waals surface area (Å²) in [6.07, 6.45) is 22.9. The SMILES string of the molecule is CCCCCCCCCCCCC1(CCn2ccnc2)SCC(C)S1. The van der Waals surface area contributed by atoms with Gasteiger partial charge in [0.25, 0.3) is 0 Å². The maximum absolute atomic E-state index is 4.18. The van der Waals surface area contributed by atoms with Crippen LogP contribution in [0.4, 0.5) is 0 Å². The van der Waals surface area contributed by atoms with E-state index in [4.69, 9.17) is 0 Å². The summed E-state index contributed by atoms with van der Waals surface area (Å²) in [5.41, 5.74) is 0. The number of aryl methyl sites for hydroxylation is 1. The Morgan fingerprint density at radius 1 is 1.00 bits per heavy atom. The summed E-state index contributed by atoms with van der Waals surface area (Å²) in [5.74, 6) is 1.33. The molecule has 2 heterocycles. The van der Waals surface area contributed by atoms with Crippen LogP contribution in [0.1, 0.15) is 90.9 Å². The van der Waals surface area contributed by atoms with Crippen LogP contribution in [-0.2, 0) is 6.54 Å². The molecule has 4 heteroatoms. The standard InChI is InChI=1S/C21H38N2S2/c1-3-4-5-6-7-8-9-10-11-12-13-21(24-18-20(2)25-21)14-16-23-17-15-22-19-23/h15,17,19-20H,3-14,16,18H2,1-2H3. The van der Waals surface area contributed by atoms with Gasteiger partial charge in [-0.2, -0.15) is 0 Å². The minimum atomic E-state index is 0.462. The zero-order valence-electron chi connectivity index (χ0n) is 16.4. The van der Waals surface area contributed by atoms with Crippen molar-refractivity contribution in [2.45, 2.75) is 107 Å². The number of nitrogens with zero attached hydrogens (tertiary/aromatic N) is 2. The van der Waals surface area contributed by atoms with Crippen molar-refractivity contribution in [3.63, 3.8) is 0 Å². The van der Waals surface area contributed by atoms with Crippen molar-refractivity contribution in [3.05, 3.63) is 18.7 Å². The fourth-order valence-electron chi connectivity index (χ4n) is 3.69. The Balaban J connectivity index is 1.57. The predicted octanol–water partition coefficient (Wildman–Crippen LogP) is 7.15. The van der Waals surface area contributed by atoms with Gasteiger partial charge in [-0.1, -0.05) is 78.1 Å². The van der Waals surface area contributed by atoms with Gasteiger partial charge >= 0.3 is 0 Å². The van der Waals surface area contributed by atoms with Gasteiger partial charge in [0, 0.05) is 29.9 Å². The summed E-state index contributed by atoms with van der Waals surface area (Å²) >= 11 is 4.47. The Kier molecular flexibility index (Phi) is 10.5. The first kappa shape index (κ1) is 21.2.